The molecule has 1 aromatic heterocycles. The van der Waals surface area contributed by atoms with Crippen molar-refractivity contribution in [3.05, 3.63) is 24.3 Å². The van der Waals surface area contributed by atoms with Gasteiger partial charge in [0.25, 0.3) is 0 Å². The van der Waals surface area contributed by atoms with Crippen LogP contribution < -0.4 is 11.1 Å². The number of nitrogens with two attached hydrogens (primary N) is 1. The fourth-order valence-electron chi connectivity index (χ4n) is 1.01. The Morgan fingerprint density at radius 2 is 2.31 bits per heavy atom. The van der Waals surface area contributed by atoms with Crippen molar-refractivity contribution in [3.8, 4) is 0 Å². The zero-order valence-electron chi connectivity index (χ0n) is 7.46. The second-order valence-electron chi connectivity index (χ2n) is 2.78. The van der Waals surface area contributed by atoms with E-state index in [1.165, 1.54) is 6.20 Å². The fraction of sp³-hybridized carbons (Fsp3) is 0.444. The molecule has 3 N–H and O–H groups in total. The van der Waals surface area contributed by atoms with Crippen molar-refractivity contribution >= 4 is 5.69 Å². The van der Waals surface area contributed by atoms with E-state index in [0.717, 1.165) is 19.4 Å². The Morgan fingerprint density at radius 3 is 3.00 bits per heavy atom. The quantitative estimate of drug-likeness (QED) is 0.678. The van der Waals surface area contributed by atoms with Gasteiger partial charge in [-0.05, 0) is 25.5 Å². The molecule has 0 amide bonds. The predicted molar refractivity (Wildman–Crippen MR) is 51.0 cm³/mol. The van der Waals surface area contributed by atoms with Gasteiger partial charge in [-0.2, -0.15) is 0 Å². The molecule has 0 aliphatic heterocycles. The molecule has 0 bridgehead atoms. The van der Waals surface area contributed by atoms with Gasteiger partial charge in [-0.15, -0.1) is 0 Å². The SMILES string of the molecule is NCCCCNc1ccncc1F. The molecule has 0 aliphatic carbocycles. The zero-order valence-corrected chi connectivity index (χ0v) is 7.46. The first-order valence-electron chi connectivity index (χ1n) is 4.38. The van der Waals surface area contributed by atoms with Gasteiger partial charge < -0.3 is 11.1 Å². The molecular formula is C9H14FN3. The van der Waals surface area contributed by atoms with E-state index in [1.54, 1.807) is 12.3 Å². The van der Waals surface area contributed by atoms with Gasteiger partial charge in [0, 0.05) is 12.7 Å². The van der Waals surface area contributed by atoms with Gasteiger partial charge in [0.15, 0.2) is 5.82 Å². The van der Waals surface area contributed by atoms with Crippen molar-refractivity contribution in [2.45, 2.75) is 12.8 Å². The lowest BCUT2D eigenvalue weighted by Crippen LogP contribution is -2.06. The molecule has 72 valence electrons. The largest absolute Gasteiger partial charge is 0.383 e. The number of rotatable bonds is 5. The van der Waals surface area contributed by atoms with Crippen LogP contribution in [0.25, 0.3) is 0 Å². The molecule has 0 saturated heterocycles. The monoisotopic (exact) mass is 183 g/mol. The van der Waals surface area contributed by atoms with E-state index >= 15 is 0 Å². The Bertz CT molecular complexity index is 252. The first-order chi connectivity index (χ1) is 6.34. The summed E-state index contributed by atoms with van der Waals surface area (Å²) in [6.45, 7) is 1.43. The van der Waals surface area contributed by atoms with Crippen molar-refractivity contribution < 1.29 is 4.39 Å². The van der Waals surface area contributed by atoms with Crippen LogP contribution in [-0.2, 0) is 0 Å². The van der Waals surface area contributed by atoms with Gasteiger partial charge in [0.1, 0.15) is 0 Å². The normalized spacial score (nSPS) is 10.0. The summed E-state index contributed by atoms with van der Waals surface area (Å²) < 4.78 is 12.9. The third kappa shape index (κ3) is 3.38. The predicted octanol–water partition coefficient (Wildman–Crippen LogP) is 1.37. The van der Waals surface area contributed by atoms with Crippen molar-refractivity contribution in [1.82, 2.24) is 4.98 Å². The highest BCUT2D eigenvalue weighted by Crippen LogP contribution is 2.10. The molecule has 3 nitrogen and oxygen atoms in total. The second kappa shape index (κ2) is 5.48. The van der Waals surface area contributed by atoms with Crippen LogP contribution in [0, 0.1) is 5.82 Å². The van der Waals surface area contributed by atoms with Crippen molar-refractivity contribution in [3.63, 3.8) is 0 Å². The Morgan fingerprint density at radius 1 is 1.46 bits per heavy atom. The number of unbranched alkanes of at least 4 members (excludes halogenated alkanes) is 1. The maximum absolute atomic E-state index is 12.9. The number of nitrogens with one attached hydrogen (secondary N) is 1. The van der Waals surface area contributed by atoms with Crippen molar-refractivity contribution in [2.75, 3.05) is 18.4 Å². The molecule has 0 spiro atoms. The standard InChI is InChI=1S/C9H14FN3/c10-8-7-12-6-3-9(8)13-5-2-1-4-11/h3,6-7H,1-2,4-5,11H2,(H,12,13). The molecule has 1 heterocycles. The highest BCUT2D eigenvalue weighted by molar-refractivity contribution is 5.42. The fourth-order valence-corrected chi connectivity index (χ4v) is 1.01. The van der Waals surface area contributed by atoms with Crippen LogP contribution in [0.2, 0.25) is 0 Å². The smallest absolute Gasteiger partial charge is 0.164 e. The van der Waals surface area contributed by atoms with Crippen LogP contribution >= 0.6 is 0 Å². The molecule has 0 fully saturated rings. The molecule has 4 heteroatoms. The van der Waals surface area contributed by atoms with E-state index < -0.39 is 0 Å². The van der Waals surface area contributed by atoms with E-state index in [4.69, 9.17) is 5.73 Å². The lowest BCUT2D eigenvalue weighted by Gasteiger charge is -2.05. The van der Waals surface area contributed by atoms with Gasteiger partial charge in [-0.25, -0.2) is 4.39 Å². The van der Waals surface area contributed by atoms with Gasteiger partial charge in [0.05, 0.1) is 11.9 Å². The summed E-state index contributed by atoms with van der Waals surface area (Å²) in [4.78, 5) is 3.65. The number of halogens is 1. The average molecular weight is 183 g/mol. The summed E-state index contributed by atoms with van der Waals surface area (Å²) in [5.41, 5.74) is 5.83. The topological polar surface area (TPSA) is 50.9 Å². The number of anilines is 1. The van der Waals surface area contributed by atoms with Crippen molar-refractivity contribution in [1.29, 1.82) is 0 Å². The van der Waals surface area contributed by atoms with E-state index in [0.29, 0.717) is 12.2 Å². The molecule has 0 radical (unpaired) electrons. The molecule has 0 saturated carbocycles. The molecular weight excluding hydrogens is 169 g/mol. The molecule has 0 unspecified atom stereocenters. The average Bonchev–Trinajstić information content (AvgIpc) is 2.15. The van der Waals surface area contributed by atoms with Crippen LogP contribution in [-0.4, -0.2) is 18.1 Å². The number of hydrogen-bond donors (Lipinski definition) is 2. The van der Waals surface area contributed by atoms with E-state index in [1.807, 2.05) is 0 Å². The highest BCUT2D eigenvalue weighted by atomic mass is 19.1. The van der Waals surface area contributed by atoms with E-state index in [9.17, 15) is 4.39 Å². The first-order valence-corrected chi connectivity index (χ1v) is 4.38. The van der Waals surface area contributed by atoms with E-state index in [-0.39, 0.29) is 5.82 Å². The minimum absolute atomic E-state index is 0.310. The lowest BCUT2D eigenvalue weighted by molar-refractivity contribution is 0.623. The van der Waals surface area contributed by atoms with Gasteiger partial charge in [-0.1, -0.05) is 0 Å². The maximum atomic E-state index is 12.9. The first kappa shape index (κ1) is 9.92. The second-order valence-corrected chi connectivity index (χ2v) is 2.78. The van der Waals surface area contributed by atoms with Gasteiger partial charge in [0.2, 0.25) is 0 Å². The van der Waals surface area contributed by atoms with E-state index in [2.05, 4.69) is 10.3 Å². The molecule has 1 aromatic rings. The summed E-state index contributed by atoms with van der Waals surface area (Å²) in [7, 11) is 0. The van der Waals surface area contributed by atoms with Crippen LogP contribution in [0.15, 0.2) is 18.5 Å². The zero-order chi connectivity index (χ0) is 9.52. The minimum Gasteiger partial charge on any atom is -0.383 e. The molecule has 0 atom stereocenters. The summed E-state index contributed by atoms with van der Waals surface area (Å²) in [5.74, 6) is -0.310. The Kier molecular flexibility index (Phi) is 4.18. The highest BCUT2D eigenvalue weighted by Gasteiger charge is 1.98. The number of aromatic nitrogens is 1. The van der Waals surface area contributed by atoms with Crippen LogP contribution in [0.5, 0.6) is 0 Å². The minimum atomic E-state index is -0.310. The summed E-state index contributed by atoms with van der Waals surface area (Å²) in [6, 6.07) is 1.62. The molecule has 13 heavy (non-hydrogen) atoms. The molecule has 0 aliphatic rings. The number of nitrogens with zero attached hydrogens (tertiary/aromatic N) is 1. The molecule has 0 aromatic carbocycles. The third-order valence-electron chi connectivity index (χ3n) is 1.72. The summed E-state index contributed by atoms with van der Waals surface area (Å²) >= 11 is 0. The van der Waals surface area contributed by atoms with Gasteiger partial charge in [-0.3, -0.25) is 4.98 Å². The van der Waals surface area contributed by atoms with Gasteiger partial charge >= 0.3 is 0 Å². The number of pyridine rings is 1. The summed E-state index contributed by atoms with van der Waals surface area (Å²) in [6.07, 6.45) is 4.68. The summed E-state index contributed by atoms with van der Waals surface area (Å²) in [5, 5.41) is 2.98. The Balaban J connectivity index is 2.32. The Labute approximate surface area is 77.2 Å². The number of hydrogen-bond acceptors (Lipinski definition) is 3. The lowest BCUT2D eigenvalue weighted by atomic mass is 10.3. The van der Waals surface area contributed by atoms with Crippen LogP contribution in [0.3, 0.4) is 0 Å². The Hall–Kier alpha value is -1.16. The van der Waals surface area contributed by atoms with Crippen LogP contribution in [0.1, 0.15) is 12.8 Å². The maximum Gasteiger partial charge on any atom is 0.164 e. The van der Waals surface area contributed by atoms with Crippen molar-refractivity contribution in [2.24, 2.45) is 5.73 Å². The van der Waals surface area contributed by atoms with Crippen LogP contribution in [0.4, 0.5) is 10.1 Å². The molecule has 1 rings (SSSR count). The third-order valence-corrected chi connectivity index (χ3v) is 1.72.